The lowest BCUT2D eigenvalue weighted by Crippen LogP contribution is -2.63. The molecule has 4 atom stereocenters. The zero-order valence-electron chi connectivity index (χ0n) is 12.0. The number of ketones is 1. The van der Waals surface area contributed by atoms with Crippen molar-refractivity contribution >= 4 is 29.0 Å². The number of halogens is 2. The Morgan fingerprint density at radius 3 is 2.10 bits per heavy atom. The molecule has 0 aromatic heterocycles. The molecule has 0 spiro atoms. The highest BCUT2D eigenvalue weighted by atomic mass is 35.5. The van der Waals surface area contributed by atoms with E-state index in [1.165, 1.54) is 14.2 Å². The highest BCUT2D eigenvalue weighted by Crippen LogP contribution is 2.80. The lowest BCUT2D eigenvalue weighted by molar-refractivity contribution is -0.257. The molecule has 5 nitrogen and oxygen atoms in total. The Hall–Kier alpha value is 0.0900. The van der Waals surface area contributed by atoms with Crippen LogP contribution in [0.15, 0.2) is 0 Å². The SMILES string of the molecule is COC1(OC)[C@@]2(Cl)[C@]3(O)OC(C)(C)[C@@]2(C)C[C@@]1(Cl)C3=O. The minimum atomic E-state index is -2.24. The highest BCUT2D eigenvalue weighted by molar-refractivity contribution is 6.44. The van der Waals surface area contributed by atoms with E-state index in [0.29, 0.717) is 0 Å². The van der Waals surface area contributed by atoms with Crippen molar-refractivity contribution in [3.8, 4) is 0 Å². The van der Waals surface area contributed by atoms with Gasteiger partial charge in [-0.2, -0.15) is 0 Å². The summed E-state index contributed by atoms with van der Waals surface area (Å²) in [5.74, 6) is -4.59. The summed E-state index contributed by atoms with van der Waals surface area (Å²) in [4.78, 5) is 9.47. The maximum Gasteiger partial charge on any atom is 0.255 e. The van der Waals surface area contributed by atoms with E-state index in [1.807, 2.05) is 6.92 Å². The van der Waals surface area contributed by atoms with Gasteiger partial charge in [0.05, 0.1) is 5.60 Å². The molecule has 7 heteroatoms. The number of ether oxygens (including phenoxy) is 3. The number of carbonyl (C=O) groups excluding carboxylic acids is 1. The summed E-state index contributed by atoms with van der Waals surface area (Å²) in [5, 5.41) is 10.9. The molecule has 0 radical (unpaired) electrons. The summed E-state index contributed by atoms with van der Waals surface area (Å²) in [7, 11) is 2.72. The van der Waals surface area contributed by atoms with Crippen LogP contribution < -0.4 is 0 Å². The molecule has 2 aliphatic carbocycles. The number of alkyl halides is 2. The molecule has 1 N–H and O–H groups in total. The fraction of sp³-hybridized carbons (Fsp3) is 0.923. The number of methoxy groups -OCH3 is 2. The first-order valence-corrected chi connectivity index (χ1v) is 7.15. The summed E-state index contributed by atoms with van der Waals surface area (Å²) < 4.78 is 16.6. The standard InChI is InChI=1S/C13H18Cl2O5/c1-8(2)9(3)6-10(14)7(16)11(17,20-8)12(9,15)13(10,18-4)19-5/h17H,6H2,1-5H3/t9-,10-,11-,12+/m1/s1. The Bertz CT molecular complexity index is 513. The molecule has 3 fully saturated rings. The predicted octanol–water partition coefficient (Wildman–Crippen LogP) is 1.42. The molecule has 3 aliphatic rings. The van der Waals surface area contributed by atoms with Crippen molar-refractivity contribution in [2.45, 2.75) is 54.1 Å². The Morgan fingerprint density at radius 2 is 1.70 bits per heavy atom. The summed E-state index contributed by atoms with van der Waals surface area (Å²) in [6.45, 7) is 5.39. The average molecular weight is 325 g/mol. The highest BCUT2D eigenvalue weighted by Gasteiger charge is 3.00. The zero-order chi connectivity index (χ0) is 15.4. The third-order valence-corrected chi connectivity index (χ3v) is 7.25. The van der Waals surface area contributed by atoms with Crippen molar-refractivity contribution in [1.29, 1.82) is 0 Å². The first-order chi connectivity index (χ1) is 8.94. The van der Waals surface area contributed by atoms with Gasteiger partial charge in [-0.15, -0.1) is 23.2 Å². The molecule has 114 valence electrons. The van der Waals surface area contributed by atoms with E-state index in [0.717, 1.165) is 0 Å². The molecule has 2 saturated carbocycles. The van der Waals surface area contributed by atoms with Crippen molar-refractivity contribution in [2.75, 3.05) is 14.2 Å². The largest absolute Gasteiger partial charge is 0.358 e. The maximum absolute atomic E-state index is 12.7. The van der Waals surface area contributed by atoms with Gasteiger partial charge in [-0.05, 0) is 20.3 Å². The minimum Gasteiger partial charge on any atom is -0.358 e. The molecule has 1 aliphatic heterocycles. The second-order valence-corrected chi connectivity index (χ2v) is 7.79. The number of hydrogen-bond acceptors (Lipinski definition) is 5. The van der Waals surface area contributed by atoms with Crippen LogP contribution in [0.2, 0.25) is 0 Å². The van der Waals surface area contributed by atoms with Crippen molar-refractivity contribution in [2.24, 2.45) is 5.41 Å². The van der Waals surface area contributed by atoms with Gasteiger partial charge in [-0.25, -0.2) is 0 Å². The van der Waals surface area contributed by atoms with Gasteiger partial charge in [0.25, 0.3) is 5.79 Å². The van der Waals surface area contributed by atoms with E-state index in [1.54, 1.807) is 13.8 Å². The van der Waals surface area contributed by atoms with Gasteiger partial charge in [0, 0.05) is 19.6 Å². The molecule has 0 unspecified atom stereocenters. The lowest BCUT2D eigenvalue weighted by Gasteiger charge is -2.44. The van der Waals surface area contributed by atoms with Gasteiger partial charge in [0.1, 0.15) is 0 Å². The average Bonchev–Trinajstić information content (AvgIpc) is 2.62. The van der Waals surface area contributed by atoms with Crippen molar-refractivity contribution in [3.05, 3.63) is 0 Å². The van der Waals surface area contributed by atoms with Crippen LogP contribution in [0.3, 0.4) is 0 Å². The van der Waals surface area contributed by atoms with Gasteiger partial charge in [-0.3, -0.25) is 4.79 Å². The Kier molecular flexibility index (Phi) is 2.52. The second kappa shape index (κ2) is 3.36. The van der Waals surface area contributed by atoms with Gasteiger partial charge < -0.3 is 19.3 Å². The van der Waals surface area contributed by atoms with Gasteiger partial charge in [0.2, 0.25) is 11.6 Å². The van der Waals surface area contributed by atoms with E-state index in [2.05, 4.69) is 0 Å². The fourth-order valence-electron chi connectivity index (χ4n) is 4.53. The molecular weight excluding hydrogens is 307 g/mol. The van der Waals surface area contributed by atoms with Crippen LogP contribution in [-0.4, -0.2) is 52.0 Å². The molecule has 0 aromatic rings. The first kappa shape index (κ1) is 15.0. The van der Waals surface area contributed by atoms with Crippen LogP contribution in [-0.2, 0) is 19.0 Å². The number of aliphatic hydroxyl groups is 1. The van der Waals surface area contributed by atoms with Crippen LogP contribution in [0, 0.1) is 5.41 Å². The van der Waals surface area contributed by atoms with Crippen molar-refractivity contribution in [1.82, 2.24) is 0 Å². The number of carbonyl (C=O) groups is 1. The van der Waals surface area contributed by atoms with Crippen LogP contribution in [0.4, 0.5) is 0 Å². The minimum absolute atomic E-state index is 0.195. The molecule has 1 saturated heterocycles. The summed E-state index contributed by atoms with van der Waals surface area (Å²) in [6.07, 6.45) is 0.195. The molecular formula is C13H18Cl2O5. The van der Waals surface area contributed by atoms with E-state index < -0.39 is 38.1 Å². The smallest absolute Gasteiger partial charge is 0.255 e. The Morgan fingerprint density at radius 1 is 1.20 bits per heavy atom. The maximum atomic E-state index is 12.7. The van der Waals surface area contributed by atoms with E-state index >= 15 is 0 Å². The third-order valence-electron chi connectivity index (χ3n) is 5.77. The van der Waals surface area contributed by atoms with E-state index in [4.69, 9.17) is 37.4 Å². The van der Waals surface area contributed by atoms with Gasteiger partial charge >= 0.3 is 0 Å². The normalized spacial score (nSPS) is 54.7. The first-order valence-electron chi connectivity index (χ1n) is 6.40. The van der Waals surface area contributed by atoms with Crippen molar-refractivity contribution in [3.63, 3.8) is 0 Å². The fourth-order valence-corrected chi connectivity index (χ4v) is 6.00. The Balaban J connectivity index is 2.42. The van der Waals surface area contributed by atoms with Crippen LogP contribution in [0.25, 0.3) is 0 Å². The third kappa shape index (κ3) is 0.937. The van der Waals surface area contributed by atoms with Crippen molar-refractivity contribution < 1.29 is 24.1 Å². The number of rotatable bonds is 2. The van der Waals surface area contributed by atoms with Gasteiger partial charge in [-0.1, -0.05) is 6.92 Å². The lowest BCUT2D eigenvalue weighted by atomic mass is 9.65. The summed E-state index contributed by atoms with van der Waals surface area (Å²) in [5.41, 5.74) is -1.67. The summed E-state index contributed by atoms with van der Waals surface area (Å²) in [6, 6.07) is 0. The quantitative estimate of drug-likeness (QED) is 0.614. The monoisotopic (exact) mass is 324 g/mol. The number of fused-ring (bicyclic) bond motifs is 1. The van der Waals surface area contributed by atoms with Crippen LogP contribution in [0.5, 0.6) is 0 Å². The van der Waals surface area contributed by atoms with Gasteiger partial charge in [0.15, 0.2) is 9.75 Å². The number of Topliss-reactive ketones (excluding diaryl/α,β-unsaturated/α-hetero) is 1. The van der Waals surface area contributed by atoms with E-state index in [9.17, 15) is 9.90 Å². The zero-order valence-corrected chi connectivity index (χ0v) is 13.6. The molecule has 3 rings (SSSR count). The molecule has 2 bridgehead atoms. The Labute approximate surface area is 127 Å². The molecule has 1 heterocycles. The van der Waals surface area contributed by atoms with Crippen LogP contribution >= 0.6 is 23.2 Å². The van der Waals surface area contributed by atoms with Crippen LogP contribution in [0.1, 0.15) is 27.2 Å². The summed E-state index contributed by atoms with van der Waals surface area (Å²) >= 11 is 13.4. The van der Waals surface area contributed by atoms with E-state index in [-0.39, 0.29) is 6.42 Å². The molecule has 0 amide bonds. The topological polar surface area (TPSA) is 65.0 Å². The number of hydrogen-bond donors (Lipinski definition) is 1. The second-order valence-electron chi connectivity index (χ2n) is 6.58. The molecule has 20 heavy (non-hydrogen) atoms. The molecule has 0 aromatic carbocycles. The predicted molar refractivity (Wildman–Crippen MR) is 71.8 cm³/mol.